The number of thioether (sulfide) groups is 1. The number of carbonyl (C=O) groups excluding carboxylic acids is 2. The molecule has 0 N–H and O–H groups in total. The number of rotatable bonds is 3. The molecule has 0 bridgehead atoms. The summed E-state index contributed by atoms with van der Waals surface area (Å²) in [4.78, 5) is 28.7. The van der Waals surface area contributed by atoms with E-state index < -0.39 is 10.8 Å². The molecular formula is C35H54O4S. The maximum Gasteiger partial charge on any atom is 0.312 e. The number of fused-ring (bicyclic) bond motifs is 7. The Morgan fingerprint density at radius 2 is 1.62 bits per heavy atom. The quantitative estimate of drug-likeness (QED) is 0.194. The Bertz CT molecular complexity index is 1160. The third kappa shape index (κ3) is 3.81. The molecule has 0 aromatic carbocycles. The van der Waals surface area contributed by atoms with Crippen LogP contribution in [0.25, 0.3) is 0 Å². The molecule has 4 saturated carbocycles. The van der Waals surface area contributed by atoms with Crippen molar-refractivity contribution >= 4 is 23.5 Å². The highest BCUT2D eigenvalue weighted by molar-refractivity contribution is 8.02. The Morgan fingerprint density at radius 1 is 0.975 bits per heavy atom. The molecule has 5 rings (SSSR count). The highest BCUT2D eigenvalue weighted by Gasteiger charge is 2.71. The Morgan fingerprint density at radius 3 is 2.23 bits per heavy atom. The van der Waals surface area contributed by atoms with Crippen LogP contribution < -0.4 is 0 Å². The van der Waals surface area contributed by atoms with Gasteiger partial charge in [-0.15, -0.1) is 11.8 Å². The maximum absolute atomic E-state index is 13.9. The van der Waals surface area contributed by atoms with Crippen LogP contribution in [-0.4, -0.2) is 38.3 Å². The number of methoxy groups -OCH3 is 2. The van der Waals surface area contributed by atoms with Gasteiger partial charge in [0.15, 0.2) is 5.78 Å². The molecule has 0 radical (unpaired) electrons. The van der Waals surface area contributed by atoms with Gasteiger partial charge in [-0.25, -0.2) is 0 Å². The Kier molecular flexibility index (Phi) is 7.19. The lowest BCUT2D eigenvalue weighted by molar-refractivity contribution is -0.207. The summed E-state index contributed by atoms with van der Waals surface area (Å²) in [5.74, 6) is 1.12. The van der Waals surface area contributed by atoms with Gasteiger partial charge >= 0.3 is 5.97 Å². The molecule has 1 unspecified atom stereocenters. The van der Waals surface area contributed by atoms with E-state index in [4.69, 9.17) is 9.47 Å². The van der Waals surface area contributed by atoms with Crippen LogP contribution in [0.4, 0.5) is 0 Å². The zero-order valence-electron chi connectivity index (χ0n) is 27.1. The minimum absolute atomic E-state index is 0.00429. The highest BCUT2D eigenvalue weighted by atomic mass is 32.2. The SMILES string of the molecule is COC(=O)[C@]12CCC(C)(C)C[C@H]1[C@H]1C(OC)C=C3[C@@]4(C)C/C(=C(/C)SC)C(=O)C(C)(C)[C@@H]4CC[C@@]3(C)[C@]1(C)CC2. The van der Waals surface area contributed by atoms with Crippen molar-refractivity contribution in [3.63, 3.8) is 0 Å². The van der Waals surface area contributed by atoms with Gasteiger partial charge in [0.25, 0.3) is 0 Å². The molecule has 0 amide bonds. The van der Waals surface area contributed by atoms with Crippen molar-refractivity contribution in [2.45, 2.75) is 113 Å². The second-order valence-electron chi connectivity index (χ2n) is 16.2. The molecule has 0 spiro atoms. The van der Waals surface area contributed by atoms with Crippen molar-refractivity contribution in [3.05, 3.63) is 22.1 Å². The number of ether oxygens (including phenoxy) is 2. The number of hydrogen-bond donors (Lipinski definition) is 0. The fourth-order valence-corrected chi connectivity index (χ4v) is 11.7. The van der Waals surface area contributed by atoms with Crippen LogP contribution in [0, 0.1) is 50.2 Å². The van der Waals surface area contributed by atoms with Gasteiger partial charge in [-0.1, -0.05) is 60.1 Å². The van der Waals surface area contributed by atoms with Crippen molar-refractivity contribution in [2.75, 3.05) is 20.5 Å². The van der Waals surface area contributed by atoms with Crippen molar-refractivity contribution in [1.29, 1.82) is 0 Å². The summed E-state index contributed by atoms with van der Waals surface area (Å²) in [6.07, 6.45) is 12.4. The first-order valence-electron chi connectivity index (χ1n) is 15.6. The summed E-state index contributed by atoms with van der Waals surface area (Å²) in [5, 5.41) is 0. The molecule has 5 heteroatoms. The second-order valence-corrected chi connectivity index (χ2v) is 17.2. The zero-order chi connectivity index (χ0) is 29.7. The molecule has 0 aliphatic heterocycles. The number of ketones is 1. The molecule has 0 aromatic heterocycles. The average molecular weight is 571 g/mol. The van der Waals surface area contributed by atoms with E-state index in [0.29, 0.717) is 11.7 Å². The predicted molar refractivity (Wildman–Crippen MR) is 164 cm³/mol. The van der Waals surface area contributed by atoms with Crippen LogP contribution in [0.5, 0.6) is 0 Å². The normalized spacial score (nSPS) is 46.7. The third-order valence-electron chi connectivity index (χ3n) is 13.7. The van der Waals surface area contributed by atoms with E-state index in [1.54, 1.807) is 18.9 Å². The van der Waals surface area contributed by atoms with Crippen LogP contribution in [0.2, 0.25) is 0 Å². The minimum Gasteiger partial charge on any atom is -0.469 e. The molecule has 224 valence electrons. The van der Waals surface area contributed by atoms with E-state index >= 15 is 0 Å². The Hall–Kier alpha value is -1.07. The molecule has 8 atom stereocenters. The summed E-state index contributed by atoms with van der Waals surface area (Å²) in [6.45, 7) is 18.8. The van der Waals surface area contributed by atoms with Gasteiger partial charge in [0, 0.05) is 18.1 Å². The molecule has 5 aliphatic carbocycles. The van der Waals surface area contributed by atoms with Gasteiger partial charge in [-0.3, -0.25) is 9.59 Å². The van der Waals surface area contributed by atoms with Crippen LogP contribution in [-0.2, 0) is 19.1 Å². The van der Waals surface area contributed by atoms with Gasteiger partial charge in [-0.05, 0) is 109 Å². The van der Waals surface area contributed by atoms with Crippen molar-refractivity contribution in [3.8, 4) is 0 Å². The highest BCUT2D eigenvalue weighted by Crippen LogP contribution is 2.76. The third-order valence-corrected chi connectivity index (χ3v) is 14.6. The number of hydrogen-bond acceptors (Lipinski definition) is 5. The number of Topliss-reactive ketones (excluding diaryl/α,β-unsaturated/α-hetero) is 1. The lowest BCUT2D eigenvalue weighted by atomic mass is 9.33. The lowest BCUT2D eigenvalue weighted by Gasteiger charge is -2.71. The van der Waals surface area contributed by atoms with E-state index in [1.165, 1.54) is 10.5 Å². The van der Waals surface area contributed by atoms with Gasteiger partial charge < -0.3 is 9.47 Å². The zero-order valence-corrected chi connectivity index (χ0v) is 27.9. The molecule has 0 heterocycles. The lowest BCUT2D eigenvalue weighted by Crippen LogP contribution is -2.67. The van der Waals surface area contributed by atoms with Gasteiger partial charge in [0.2, 0.25) is 0 Å². The topological polar surface area (TPSA) is 52.6 Å². The van der Waals surface area contributed by atoms with Crippen molar-refractivity contribution in [2.24, 2.45) is 50.2 Å². The Labute approximate surface area is 247 Å². The number of esters is 1. The fraction of sp³-hybridized carbons (Fsp3) is 0.829. The fourth-order valence-electron chi connectivity index (χ4n) is 11.2. The second kappa shape index (κ2) is 9.46. The standard InChI is InChI=1S/C35H54O4S/c1-21(40-11)22-19-32(6)25(31(4,5)28(22)36)12-13-33(7)26(32)18-24(38-9)27-23-20-30(2,3)14-16-35(23,29(37)39-10)17-15-34(27,33)8/h18,23-25,27H,12-17,19-20H2,1-11H3/b22-21+/t23-,24?,25-,27-,32-,33+,34+,35-/m0/s1. The molecule has 4 fully saturated rings. The van der Waals surface area contributed by atoms with Gasteiger partial charge in [0.1, 0.15) is 0 Å². The summed E-state index contributed by atoms with van der Waals surface area (Å²) in [6, 6.07) is 0. The number of allylic oxidation sites excluding steroid dienone is 3. The molecule has 4 nitrogen and oxygen atoms in total. The van der Waals surface area contributed by atoms with Crippen LogP contribution in [0.15, 0.2) is 22.1 Å². The monoisotopic (exact) mass is 570 g/mol. The summed E-state index contributed by atoms with van der Waals surface area (Å²) >= 11 is 1.71. The molecule has 0 aromatic rings. The first kappa shape index (κ1) is 30.4. The largest absolute Gasteiger partial charge is 0.469 e. The minimum atomic E-state index is -0.418. The molecule has 40 heavy (non-hydrogen) atoms. The number of carbonyl (C=O) groups is 2. The first-order valence-corrected chi connectivity index (χ1v) is 16.8. The Balaban J connectivity index is 1.70. The van der Waals surface area contributed by atoms with E-state index in [1.807, 2.05) is 7.11 Å². The first-order chi connectivity index (χ1) is 18.5. The molecular weight excluding hydrogens is 516 g/mol. The van der Waals surface area contributed by atoms with Gasteiger partial charge in [0.05, 0.1) is 18.6 Å². The average Bonchev–Trinajstić information content (AvgIpc) is 2.89. The van der Waals surface area contributed by atoms with Crippen LogP contribution >= 0.6 is 11.8 Å². The van der Waals surface area contributed by atoms with Crippen LogP contribution in [0.3, 0.4) is 0 Å². The smallest absolute Gasteiger partial charge is 0.312 e. The summed E-state index contributed by atoms with van der Waals surface area (Å²) in [5.41, 5.74) is 1.79. The maximum atomic E-state index is 13.9. The predicted octanol–water partition coefficient (Wildman–Crippen LogP) is 8.40. The summed E-state index contributed by atoms with van der Waals surface area (Å²) < 4.78 is 12.0. The van der Waals surface area contributed by atoms with Crippen molar-refractivity contribution in [1.82, 2.24) is 0 Å². The van der Waals surface area contributed by atoms with Crippen molar-refractivity contribution < 1.29 is 19.1 Å². The van der Waals surface area contributed by atoms with E-state index in [2.05, 4.69) is 67.7 Å². The van der Waals surface area contributed by atoms with Gasteiger partial charge in [-0.2, -0.15) is 0 Å². The molecule has 5 aliphatic rings. The van der Waals surface area contributed by atoms with E-state index in [0.717, 1.165) is 56.9 Å². The van der Waals surface area contributed by atoms with E-state index in [9.17, 15) is 9.59 Å². The molecule has 0 saturated heterocycles. The van der Waals surface area contributed by atoms with E-state index in [-0.39, 0.29) is 45.6 Å². The summed E-state index contributed by atoms with van der Waals surface area (Å²) in [7, 11) is 3.44. The van der Waals surface area contributed by atoms with Crippen LogP contribution in [0.1, 0.15) is 107 Å².